The second kappa shape index (κ2) is 12.4. The maximum absolute atomic E-state index is 13.8. The molecule has 0 aromatic heterocycles. The van der Waals surface area contributed by atoms with Crippen molar-refractivity contribution in [3.8, 4) is 11.5 Å². The maximum atomic E-state index is 13.8. The largest absolute Gasteiger partial charge is 0.872 e. The van der Waals surface area contributed by atoms with E-state index in [1.54, 1.807) is 30.3 Å². The normalized spacial score (nSPS) is 19.2. The van der Waals surface area contributed by atoms with E-state index in [-0.39, 0.29) is 11.3 Å². The summed E-state index contributed by atoms with van der Waals surface area (Å²) in [5.74, 6) is -1.21. The third-order valence-corrected chi connectivity index (χ3v) is 7.54. The molecule has 2 heterocycles. The quantitative estimate of drug-likeness (QED) is 0.243. The molecule has 208 valence electrons. The van der Waals surface area contributed by atoms with E-state index in [0.717, 1.165) is 30.8 Å². The number of ether oxygens (including phenoxy) is 2. The van der Waals surface area contributed by atoms with Crippen molar-refractivity contribution in [2.45, 2.75) is 26.0 Å². The van der Waals surface area contributed by atoms with Gasteiger partial charge in [0.05, 0.1) is 25.8 Å². The fourth-order valence-corrected chi connectivity index (χ4v) is 5.36. The molecule has 0 saturated carbocycles. The van der Waals surface area contributed by atoms with Gasteiger partial charge in [0.1, 0.15) is 31.2 Å². The minimum absolute atomic E-state index is 0.0632. The fourth-order valence-electron chi connectivity index (χ4n) is 5.36. The van der Waals surface area contributed by atoms with Gasteiger partial charge in [0.2, 0.25) is 5.78 Å². The number of aromatic hydroxyl groups is 1. The molecule has 1 amide bonds. The van der Waals surface area contributed by atoms with Crippen LogP contribution in [0.3, 0.4) is 0 Å². The number of nitrogens with one attached hydrogen (secondary N) is 1. The van der Waals surface area contributed by atoms with Crippen LogP contribution in [0.25, 0.3) is 5.76 Å². The summed E-state index contributed by atoms with van der Waals surface area (Å²) in [6, 6.07) is 20.4. The van der Waals surface area contributed by atoms with Crippen LogP contribution < -0.4 is 14.7 Å². The maximum Gasteiger partial charge on any atom is 0.295 e. The Kier molecular flexibility index (Phi) is 8.48. The van der Waals surface area contributed by atoms with Crippen molar-refractivity contribution in [1.29, 1.82) is 0 Å². The number of nitrogens with zero attached hydrogens (tertiary/aromatic N) is 1. The zero-order chi connectivity index (χ0) is 28.1. The van der Waals surface area contributed by atoms with Crippen LogP contribution in [-0.4, -0.2) is 61.1 Å². The lowest BCUT2D eigenvalue weighted by atomic mass is 9.94. The predicted molar refractivity (Wildman–Crippen MR) is 147 cm³/mol. The van der Waals surface area contributed by atoms with Gasteiger partial charge in [0, 0.05) is 18.5 Å². The van der Waals surface area contributed by atoms with Crippen molar-refractivity contribution in [3.05, 3.63) is 101 Å². The lowest BCUT2D eigenvalue weighted by molar-refractivity contribution is -0.908. The summed E-state index contributed by atoms with van der Waals surface area (Å²) in [6.45, 7) is 6.69. The molecule has 40 heavy (non-hydrogen) atoms. The van der Waals surface area contributed by atoms with E-state index in [1.807, 2.05) is 37.3 Å². The first kappa shape index (κ1) is 27.4. The van der Waals surface area contributed by atoms with Gasteiger partial charge >= 0.3 is 0 Å². The molecule has 8 heteroatoms. The zero-order valence-electron chi connectivity index (χ0n) is 22.6. The van der Waals surface area contributed by atoms with Crippen molar-refractivity contribution in [2.75, 3.05) is 39.4 Å². The number of amides is 1. The van der Waals surface area contributed by atoms with Crippen LogP contribution in [-0.2, 0) is 20.9 Å². The van der Waals surface area contributed by atoms with E-state index >= 15 is 0 Å². The minimum Gasteiger partial charge on any atom is -0.872 e. The number of carbonyl (C=O) groups excluding carboxylic acids is 2. The molecule has 2 fully saturated rings. The number of quaternary nitrogens is 1. The molecule has 3 aromatic carbocycles. The summed E-state index contributed by atoms with van der Waals surface area (Å²) in [6.07, 6.45) is 0.691. The average Bonchev–Trinajstić information content (AvgIpc) is 3.22. The molecule has 0 spiro atoms. The summed E-state index contributed by atoms with van der Waals surface area (Å²) < 4.78 is 11.4. The standard InChI is InChI=1S/C32H34N2O6/c1-22-20-25(10-13-27(22)40-21-23-6-3-2-4-7-23)30(36)28-29(24-8-11-26(35)12-9-24)34(32(38)31(28)37)15-5-14-33-16-18-39-19-17-33/h2-4,6-13,20,29,35-36H,5,14-19,21H2,1H3/b30-28+. The number of morpholine rings is 1. The molecule has 3 aromatic rings. The molecule has 2 aliphatic heterocycles. The fraction of sp³-hybridized carbons (Fsp3) is 0.312. The SMILES string of the molecule is Cc1cc(/C([O-])=C2\C(=O)C(=O)N(CCC[NH+]3CCOCC3)C2c2ccc(O)cc2)ccc1OCc1ccccc1. The highest BCUT2D eigenvalue weighted by molar-refractivity contribution is 6.46. The van der Waals surface area contributed by atoms with Gasteiger partial charge in [0.25, 0.3) is 5.91 Å². The summed E-state index contributed by atoms with van der Waals surface area (Å²) in [7, 11) is 0. The van der Waals surface area contributed by atoms with Gasteiger partial charge in [-0.15, -0.1) is 0 Å². The number of carbonyl (C=O) groups is 2. The Labute approximate surface area is 234 Å². The number of ketones is 1. The molecule has 1 unspecified atom stereocenters. The van der Waals surface area contributed by atoms with Gasteiger partial charge in [-0.05, 0) is 53.4 Å². The second-order valence-corrected chi connectivity index (χ2v) is 10.3. The molecule has 2 N–H and O–H groups in total. The third kappa shape index (κ3) is 6.03. The number of rotatable bonds is 9. The number of hydrogen-bond donors (Lipinski definition) is 2. The monoisotopic (exact) mass is 542 g/mol. The number of likely N-dealkylation sites (tertiary alicyclic amines) is 1. The van der Waals surface area contributed by atoms with E-state index in [4.69, 9.17) is 9.47 Å². The molecule has 2 aliphatic rings. The second-order valence-electron chi connectivity index (χ2n) is 10.3. The van der Waals surface area contributed by atoms with Crippen LogP contribution in [0, 0.1) is 6.92 Å². The Morgan fingerprint density at radius 2 is 1.77 bits per heavy atom. The van der Waals surface area contributed by atoms with Gasteiger partial charge < -0.3 is 29.5 Å². The first-order valence-corrected chi connectivity index (χ1v) is 13.7. The highest BCUT2D eigenvalue weighted by Crippen LogP contribution is 2.39. The van der Waals surface area contributed by atoms with Gasteiger partial charge in [-0.3, -0.25) is 9.59 Å². The Balaban J connectivity index is 1.41. The predicted octanol–water partition coefficient (Wildman–Crippen LogP) is 1.81. The highest BCUT2D eigenvalue weighted by atomic mass is 16.5. The van der Waals surface area contributed by atoms with Crippen molar-refractivity contribution in [3.63, 3.8) is 0 Å². The molecular weight excluding hydrogens is 508 g/mol. The Morgan fingerprint density at radius 3 is 2.48 bits per heavy atom. The number of phenols is 1. The lowest BCUT2D eigenvalue weighted by Gasteiger charge is -2.29. The molecule has 5 rings (SSSR count). The van der Waals surface area contributed by atoms with Crippen molar-refractivity contribution in [2.24, 2.45) is 0 Å². The van der Waals surface area contributed by atoms with Crippen molar-refractivity contribution >= 4 is 17.4 Å². The van der Waals surface area contributed by atoms with Crippen LogP contribution in [0.1, 0.15) is 34.7 Å². The number of benzene rings is 3. The first-order valence-electron chi connectivity index (χ1n) is 13.7. The number of hydrogen-bond acceptors (Lipinski definition) is 6. The Hall–Kier alpha value is -4.14. The number of aryl methyl sites for hydroxylation is 1. The van der Waals surface area contributed by atoms with E-state index in [9.17, 15) is 19.8 Å². The third-order valence-electron chi connectivity index (χ3n) is 7.54. The van der Waals surface area contributed by atoms with Crippen LogP contribution in [0.5, 0.6) is 11.5 Å². The minimum atomic E-state index is -0.817. The first-order chi connectivity index (χ1) is 19.4. The molecule has 0 radical (unpaired) electrons. The average molecular weight is 543 g/mol. The van der Waals surface area contributed by atoms with Crippen LogP contribution in [0.2, 0.25) is 0 Å². The molecule has 8 nitrogen and oxygen atoms in total. The van der Waals surface area contributed by atoms with Crippen LogP contribution in [0.4, 0.5) is 0 Å². The highest BCUT2D eigenvalue weighted by Gasteiger charge is 2.44. The Bertz CT molecular complexity index is 1380. The van der Waals surface area contributed by atoms with Gasteiger partial charge in [-0.1, -0.05) is 54.3 Å². The van der Waals surface area contributed by atoms with Crippen molar-refractivity contribution in [1.82, 2.24) is 4.90 Å². The van der Waals surface area contributed by atoms with Crippen LogP contribution >= 0.6 is 0 Å². The topological polar surface area (TPSA) is 104 Å². The molecule has 0 aliphatic carbocycles. The van der Waals surface area contributed by atoms with E-state index < -0.39 is 23.5 Å². The summed E-state index contributed by atoms with van der Waals surface area (Å²) in [5, 5.41) is 23.7. The Morgan fingerprint density at radius 1 is 1.05 bits per heavy atom. The lowest BCUT2D eigenvalue weighted by Crippen LogP contribution is -3.14. The van der Waals surface area contributed by atoms with Gasteiger partial charge in [0.15, 0.2) is 0 Å². The molecular formula is C32H34N2O6. The smallest absolute Gasteiger partial charge is 0.295 e. The summed E-state index contributed by atoms with van der Waals surface area (Å²) in [4.78, 5) is 29.4. The summed E-state index contributed by atoms with van der Waals surface area (Å²) >= 11 is 0. The van der Waals surface area contributed by atoms with E-state index in [1.165, 1.54) is 21.9 Å². The number of phenolic OH excluding ortho intramolecular Hbond substituents is 1. The zero-order valence-corrected chi connectivity index (χ0v) is 22.6. The van der Waals surface area contributed by atoms with E-state index in [2.05, 4.69) is 0 Å². The van der Waals surface area contributed by atoms with Gasteiger partial charge in [-0.2, -0.15) is 0 Å². The summed E-state index contributed by atoms with van der Waals surface area (Å²) in [5.41, 5.74) is 2.65. The molecule has 0 bridgehead atoms. The molecule has 1 atom stereocenters. The van der Waals surface area contributed by atoms with E-state index in [0.29, 0.717) is 49.7 Å². The number of Topliss-reactive ketones (excluding diaryl/α,β-unsaturated/α-hetero) is 1. The van der Waals surface area contributed by atoms with Gasteiger partial charge in [-0.25, -0.2) is 0 Å². The van der Waals surface area contributed by atoms with Crippen molar-refractivity contribution < 1.29 is 34.2 Å². The molecule has 2 saturated heterocycles. The van der Waals surface area contributed by atoms with Crippen LogP contribution in [0.15, 0.2) is 78.4 Å².